The van der Waals surface area contributed by atoms with Crippen molar-refractivity contribution < 1.29 is 20.4 Å². The normalized spacial score (nSPS) is 11.7. The number of aromatic hydroxyl groups is 4. The number of hydrogen-bond donors (Lipinski definition) is 5. The van der Waals surface area contributed by atoms with Crippen LogP contribution in [0.1, 0.15) is 32.1 Å². The van der Waals surface area contributed by atoms with Gasteiger partial charge in [-0.05, 0) is 106 Å². The molecule has 0 bridgehead atoms. The highest BCUT2D eigenvalue weighted by molar-refractivity contribution is 5.66. The van der Waals surface area contributed by atoms with Crippen LogP contribution < -0.4 is 5.73 Å². The van der Waals surface area contributed by atoms with E-state index < -0.39 is 0 Å². The van der Waals surface area contributed by atoms with Gasteiger partial charge < -0.3 is 26.2 Å². The third-order valence-electron chi connectivity index (χ3n) is 9.55. The molecular weight excluding hydrogens is 727 g/mol. The maximum absolute atomic E-state index is 9.10. The Labute approximate surface area is 349 Å². The average Bonchev–Trinajstić information content (AvgIpc) is 3.30. The van der Waals surface area contributed by atoms with Crippen LogP contribution in [0.2, 0.25) is 0 Å². The average molecular weight is 780 g/mol. The van der Waals surface area contributed by atoms with Gasteiger partial charge in [0.05, 0.1) is 0 Å². The van der Waals surface area contributed by atoms with Crippen LogP contribution in [0.4, 0.5) is 0 Å². The van der Waals surface area contributed by atoms with Gasteiger partial charge in [0.1, 0.15) is 23.0 Å². The number of hydrogen-bond acceptors (Lipinski definition) is 5. The topological polar surface area (TPSA) is 107 Å². The smallest absolute Gasteiger partial charge is 0.115 e. The third kappa shape index (κ3) is 15.4. The Bertz CT molecular complexity index is 1970. The van der Waals surface area contributed by atoms with E-state index in [0.29, 0.717) is 29.0 Å². The standard InChI is InChI=1S/4C12H10O.C6H13N/c4*13-12-8-6-11(7-9-12)10-4-2-1-3-5-10;7-6-4-2-1-3-5-6/h4*1-9,13H;6H,1-5,7H2. The first-order chi connectivity index (χ1) is 28.8. The Morgan fingerprint density at radius 3 is 0.610 bits per heavy atom. The number of benzene rings is 8. The summed E-state index contributed by atoms with van der Waals surface area (Å²) in [6.45, 7) is 0. The molecule has 0 aliphatic heterocycles. The van der Waals surface area contributed by atoms with Gasteiger partial charge >= 0.3 is 0 Å². The molecule has 1 aliphatic carbocycles. The van der Waals surface area contributed by atoms with Crippen molar-refractivity contribution >= 4 is 0 Å². The summed E-state index contributed by atoms with van der Waals surface area (Å²) >= 11 is 0. The van der Waals surface area contributed by atoms with Crippen LogP contribution in [-0.2, 0) is 0 Å². The summed E-state index contributed by atoms with van der Waals surface area (Å²) in [4.78, 5) is 0. The van der Waals surface area contributed by atoms with Gasteiger partial charge in [0, 0.05) is 6.04 Å². The van der Waals surface area contributed by atoms with Crippen LogP contribution >= 0.6 is 0 Å². The Hall–Kier alpha value is -7.08. The predicted octanol–water partition coefficient (Wildman–Crippen LogP) is 13.5. The van der Waals surface area contributed by atoms with Crippen molar-refractivity contribution in [1.82, 2.24) is 0 Å². The predicted molar refractivity (Wildman–Crippen MR) is 245 cm³/mol. The van der Waals surface area contributed by atoms with Crippen LogP contribution in [0, 0.1) is 0 Å². The Balaban J connectivity index is 0.000000142. The first-order valence-electron chi connectivity index (χ1n) is 20.0. The van der Waals surface area contributed by atoms with Gasteiger partial charge in [-0.1, -0.05) is 189 Å². The summed E-state index contributed by atoms with van der Waals surface area (Å²) in [5, 5.41) is 36.4. The largest absolute Gasteiger partial charge is 0.508 e. The minimum Gasteiger partial charge on any atom is -0.508 e. The van der Waals surface area contributed by atoms with Crippen molar-refractivity contribution in [2.24, 2.45) is 5.73 Å². The molecule has 1 saturated carbocycles. The molecule has 6 N–H and O–H groups in total. The van der Waals surface area contributed by atoms with Gasteiger partial charge in [0.25, 0.3) is 0 Å². The van der Waals surface area contributed by atoms with E-state index in [1.165, 1.54) is 54.4 Å². The molecule has 0 aromatic heterocycles. The molecule has 1 fully saturated rings. The molecule has 8 aromatic rings. The molecule has 8 aromatic carbocycles. The maximum atomic E-state index is 9.10. The number of phenolic OH excluding ortho intramolecular Hbond substituents is 4. The van der Waals surface area contributed by atoms with Crippen molar-refractivity contribution in [1.29, 1.82) is 0 Å². The van der Waals surface area contributed by atoms with Crippen LogP contribution in [0.15, 0.2) is 218 Å². The van der Waals surface area contributed by atoms with Crippen molar-refractivity contribution in [3.05, 3.63) is 218 Å². The molecule has 1 aliphatic rings. The van der Waals surface area contributed by atoms with E-state index in [1.807, 2.05) is 170 Å². The van der Waals surface area contributed by atoms with Gasteiger partial charge in [-0.2, -0.15) is 0 Å². The molecule has 9 rings (SSSR count). The van der Waals surface area contributed by atoms with E-state index in [1.54, 1.807) is 48.5 Å². The minimum atomic E-state index is 0.305. The van der Waals surface area contributed by atoms with Gasteiger partial charge in [0.15, 0.2) is 0 Å². The van der Waals surface area contributed by atoms with E-state index >= 15 is 0 Å². The lowest BCUT2D eigenvalue weighted by atomic mass is 9.97. The second-order valence-corrected chi connectivity index (χ2v) is 14.0. The van der Waals surface area contributed by atoms with E-state index in [-0.39, 0.29) is 0 Å². The van der Waals surface area contributed by atoms with Crippen molar-refractivity contribution in [3.8, 4) is 67.5 Å². The Morgan fingerprint density at radius 1 is 0.254 bits per heavy atom. The van der Waals surface area contributed by atoms with E-state index in [2.05, 4.69) is 0 Å². The van der Waals surface area contributed by atoms with Crippen LogP contribution in [-0.4, -0.2) is 26.5 Å². The number of phenols is 4. The lowest BCUT2D eigenvalue weighted by Gasteiger charge is -2.15. The second kappa shape index (κ2) is 23.9. The summed E-state index contributed by atoms with van der Waals surface area (Å²) in [5.41, 5.74) is 14.8. The highest BCUT2D eigenvalue weighted by Gasteiger charge is 2.06. The Kier molecular flexibility index (Phi) is 17.4. The van der Waals surface area contributed by atoms with Crippen molar-refractivity contribution in [3.63, 3.8) is 0 Å². The third-order valence-corrected chi connectivity index (χ3v) is 9.55. The highest BCUT2D eigenvalue weighted by atomic mass is 16.3. The van der Waals surface area contributed by atoms with E-state index in [9.17, 15) is 0 Å². The molecule has 0 atom stereocenters. The summed E-state index contributed by atoms with van der Waals surface area (Å²) < 4.78 is 0. The number of nitrogens with two attached hydrogens (primary N) is 1. The molecule has 5 nitrogen and oxygen atoms in total. The molecule has 0 spiro atoms. The minimum absolute atomic E-state index is 0.305. The first-order valence-corrected chi connectivity index (χ1v) is 20.0. The van der Waals surface area contributed by atoms with E-state index in [0.717, 1.165) is 22.3 Å². The summed E-state index contributed by atoms with van der Waals surface area (Å²) in [6, 6.07) is 69.7. The van der Waals surface area contributed by atoms with Gasteiger partial charge in [-0.15, -0.1) is 0 Å². The molecule has 298 valence electrons. The zero-order valence-electron chi connectivity index (χ0n) is 33.3. The van der Waals surface area contributed by atoms with Crippen LogP contribution in [0.5, 0.6) is 23.0 Å². The molecular formula is C54H53NO4. The fourth-order valence-corrected chi connectivity index (χ4v) is 6.27. The highest BCUT2D eigenvalue weighted by Crippen LogP contribution is 2.24. The Morgan fingerprint density at radius 2 is 0.441 bits per heavy atom. The monoisotopic (exact) mass is 779 g/mol. The molecule has 5 heteroatoms. The molecule has 0 saturated heterocycles. The van der Waals surface area contributed by atoms with Crippen molar-refractivity contribution in [2.75, 3.05) is 0 Å². The molecule has 0 unspecified atom stereocenters. The second-order valence-electron chi connectivity index (χ2n) is 14.0. The number of rotatable bonds is 4. The maximum Gasteiger partial charge on any atom is 0.115 e. The summed E-state index contributed by atoms with van der Waals surface area (Å²) in [5.74, 6) is 1.22. The molecule has 0 radical (unpaired) electrons. The molecule has 0 heterocycles. The summed E-state index contributed by atoms with van der Waals surface area (Å²) in [6.07, 6.45) is 6.66. The van der Waals surface area contributed by atoms with Crippen molar-refractivity contribution in [2.45, 2.75) is 38.1 Å². The fourth-order valence-electron chi connectivity index (χ4n) is 6.27. The van der Waals surface area contributed by atoms with Gasteiger partial charge in [0.2, 0.25) is 0 Å². The first kappa shape index (κ1) is 43.1. The van der Waals surface area contributed by atoms with Gasteiger partial charge in [-0.3, -0.25) is 0 Å². The SMILES string of the molecule is NC1CCCCC1.Oc1ccc(-c2ccccc2)cc1.Oc1ccc(-c2ccccc2)cc1.Oc1ccc(-c2ccccc2)cc1.Oc1ccc(-c2ccccc2)cc1. The molecule has 59 heavy (non-hydrogen) atoms. The summed E-state index contributed by atoms with van der Waals surface area (Å²) in [7, 11) is 0. The van der Waals surface area contributed by atoms with Gasteiger partial charge in [-0.25, -0.2) is 0 Å². The zero-order valence-corrected chi connectivity index (χ0v) is 33.3. The molecule has 0 amide bonds. The lowest BCUT2D eigenvalue weighted by molar-refractivity contribution is 0.441. The zero-order chi connectivity index (χ0) is 41.5. The van der Waals surface area contributed by atoms with E-state index in [4.69, 9.17) is 26.2 Å². The van der Waals surface area contributed by atoms with Crippen LogP contribution in [0.3, 0.4) is 0 Å². The van der Waals surface area contributed by atoms with Crippen LogP contribution in [0.25, 0.3) is 44.5 Å². The quantitative estimate of drug-likeness (QED) is 0.122. The fraction of sp³-hybridized carbons (Fsp3) is 0.111. The lowest BCUT2D eigenvalue weighted by Crippen LogP contribution is -2.22.